The van der Waals surface area contributed by atoms with Gasteiger partial charge in [-0.3, -0.25) is 9.36 Å². The number of ether oxygens (including phenoxy) is 1. The molecule has 1 fully saturated rings. The summed E-state index contributed by atoms with van der Waals surface area (Å²) in [6, 6.07) is 1.35. The molecule has 0 radical (unpaired) electrons. The average molecular weight is 225 g/mol. The van der Waals surface area contributed by atoms with Crippen LogP contribution in [0.1, 0.15) is 5.69 Å². The summed E-state index contributed by atoms with van der Waals surface area (Å²) >= 11 is 0. The summed E-state index contributed by atoms with van der Waals surface area (Å²) < 4.78 is 6.73. The lowest BCUT2D eigenvalue weighted by molar-refractivity contribution is 0.121. The van der Waals surface area contributed by atoms with E-state index in [1.165, 1.54) is 10.6 Å². The zero-order valence-electron chi connectivity index (χ0n) is 9.22. The molecule has 6 heteroatoms. The van der Waals surface area contributed by atoms with Gasteiger partial charge in [-0.2, -0.15) is 0 Å². The fraction of sp³-hybridized carbons (Fsp3) is 0.600. The Hall–Kier alpha value is -1.40. The van der Waals surface area contributed by atoms with Gasteiger partial charge in [-0.05, 0) is 0 Å². The molecule has 1 aromatic rings. The Morgan fingerprint density at radius 1 is 1.50 bits per heavy atom. The van der Waals surface area contributed by atoms with E-state index in [1.54, 1.807) is 7.05 Å². The molecule has 1 N–H and O–H groups in total. The highest BCUT2D eigenvalue weighted by Crippen LogP contribution is 2.10. The Bertz CT molecular complexity index is 424. The molecule has 1 aliphatic heterocycles. The third kappa shape index (κ3) is 2.07. The number of aromatic nitrogens is 2. The number of aliphatic hydroxyl groups is 1. The summed E-state index contributed by atoms with van der Waals surface area (Å²) in [5.41, 5.74) is 0.255. The minimum absolute atomic E-state index is 0.152. The second-order valence-corrected chi connectivity index (χ2v) is 3.70. The van der Waals surface area contributed by atoms with Crippen LogP contribution in [0.2, 0.25) is 0 Å². The number of hydrogen-bond acceptors (Lipinski definition) is 5. The molecular weight excluding hydrogens is 210 g/mol. The van der Waals surface area contributed by atoms with Crippen LogP contribution in [0.25, 0.3) is 0 Å². The quantitative estimate of drug-likeness (QED) is 0.707. The molecule has 0 bridgehead atoms. The summed E-state index contributed by atoms with van der Waals surface area (Å²) in [5, 5.41) is 9.02. The lowest BCUT2D eigenvalue weighted by atomic mass is 10.4. The molecule has 0 aromatic carbocycles. The van der Waals surface area contributed by atoms with Crippen molar-refractivity contribution in [2.24, 2.45) is 7.05 Å². The van der Waals surface area contributed by atoms with E-state index in [1.807, 2.05) is 4.90 Å². The Morgan fingerprint density at radius 3 is 2.81 bits per heavy atom. The topological polar surface area (TPSA) is 67.6 Å². The van der Waals surface area contributed by atoms with Crippen molar-refractivity contribution >= 4 is 5.95 Å². The molecule has 2 heterocycles. The molecule has 16 heavy (non-hydrogen) atoms. The van der Waals surface area contributed by atoms with E-state index in [4.69, 9.17) is 9.84 Å². The lowest BCUT2D eigenvalue weighted by Gasteiger charge is -2.28. The third-order valence-electron chi connectivity index (χ3n) is 2.62. The van der Waals surface area contributed by atoms with Gasteiger partial charge in [0.05, 0.1) is 25.5 Å². The molecule has 0 atom stereocenters. The maximum Gasteiger partial charge on any atom is 0.254 e. The Balaban J connectivity index is 2.37. The minimum Gasteiger partial charge on any atom is -0.390 e. The highest BCUT2D eigenvalue weighted by atomic mass is 16.5. The fourth-order valence-corrected chi connectivity index (χ4v) is 1.70. The van der Waals surface area contributed by atoms with E-state index in [2.05, 4.69) is 4.98 Å². The molecule has 1 saturated heterocycles. The normalized spacial score (nSPS) is 16.5. The van der Waals surface area contributed by atoms with E-state index in [0.29, 0.717) is 24.9 Å². The van der Waals surface area contributed by atoms with Crippen LogP contribution in [-0.4, -0.2) is 41.0 Å². The van der Waals surface area contributed by atoms with E-state index < -0.39 is 0 Å². The first-order chi connectivity index (χ1) is 7.72. The summed E-state index contributed by atoms with van der Waals surface area (Å²) in [5.74, 6) is 0.597. The maximum atomic E-state index is 11.6. The van der Waals surface area contributed by atoms with E-state index >= 15 is 0 Å². The van der Waals surface area contributed by atoms with Gasteiger partial charge >= 0.3 is 0 Å². The van der Waals surface area contributed by atoms with Crippen molar-refractivity contribution in [2.75, 3.05) is 31.2 Å². The predicted octanol–water partition coefficient (Wildman–Crippen LogP) is -0.891. The van der Waals surface area contributed by atoms with E-state index in [0.717, 1.165) is 13.1 Å². The molecule has 0 saturated carbocycles. The second-order valence-electron chi connectivity index (χ2n) is 3.70. The van der Waals surface area contributed by atoms with Gasteiger partial charge in [0.2, 0.25) is 5.95 Å². The maximum absolute atomic E-state index is 11.6. The van der Waals surface area contributed by atoms with Crippen LogP contribution < -0.4 is 10.5 Å². The molecule has 0 unspecified atom stereocenters. The van der Waals surface area contributed by atoms with Crippen LogP contribution in [0.3, 0.4) is 0 Å². The number of aliphatic hydroxyl groups excluding tert-OH is 1. The third-order valence-corrected chi connectivity index (χ3v) is 2.62. The largest absolute Gasteiger partial charge is 0.390 e. The Kier molecular flexibility index (Phi) is 3.21. The number of morpholine rings is 1. The fourth-order valence-electron chi connectivity index (χ4n) is 1.70. The van der Waals surface area contributed by atoms with Crippen LogP contribution in [-0.2, 0) is 18.4 Å². The molecule has 0 amide bonds. The zero-order valence-corrected chi connectivity index (χ0v) is 9.22. The van der Waals surface area contributed by atoms with Crippen LogP contribution in [0, 0.1) is 0 Å². The second kappa shape index (κ2) is 4.63. The van der Waals surface area contributed by atoms with Crippen molar-refractivity contribution in [3.8, 4) is 0 Å². The van der Waals surface area contributed by atoms with Gasteiger partial charge in [0, 0.05) is 26.2 Å². The summed E-state index contributed by atoms with van der Waals surface area (Å²) in [6.07, 6.45) is 0. The predicted molar refractivity (Wildman–Crippen MR) is 58.4 cm³/mol. The van der Waals surface area contributed by atoms with Gasteiger partial charge in [0.15, 0.2) is 0 Å². The van der Waals surface area contributed by atoms with Gasteiger partial charge in [0.1, 0.15) is 0 Å². The van der Waals surface area contributed by atoms with Crippen molar-refractivity contribution in [2.45, 2.75) is 6.61 Å². The van der Waals surface area contributed by atoms with Crippen LogP contribution in [0.5, 0.6) is 0 Å². The van der Waals surface area contributed by atoms with Crippen molar-refractivity contribution in [1.29, 1.82) is 0 Å². The lowest BCUT2D eigenvalue weighted by Crippen LogP contribution is -2.40. The molecule has 88 valence electrons. The SMILES string of the molecule is Cn1c(N2CCOCC2)nc(CO)cc1=O. The minimum atomic E-state index is -0.215. The average Bonchev–Trinajstić information content (AvgIpc) is 2.33. The van der Waals surface area contributed by atoms with Crippen molar-refractivity contribution in [3.63, 3.8) is 0 Å². The zero-order chi connectivity index (χ0) is 11.5. The van der Waals surface area contributed by atoms with Crippen molar-refractivity contribution in [1.82, 2.24) is 9.55 Å². The highest BCUT2D eigenvalue weighted by molar-refractivity contribution is 5.32. The monoisotopic (exact) mass is 225 g/mol. The van der Waals surface area contributed by atoms with Crippen LogP contribution >= 0.6 is 0 Å². The Labute approximate surface area is 93.1 Å². The summed E-state index contributed by atoms with van der Waals surface area (Å²) in [4.78, 5) is 17.9. The molecule has 1 aliphatic rings. The smallest absolute Gasteiger partial charge is 0.254 e. The number of anilines is 1. The number of hydrogen-bond donors (Lipinski definition) is 1. The Morgan fingerprint density at radius 2 is 2.19 bits per heavy atom. The van der Waals surface area contributed by atoms with Gasteiger partial charge in [0.25, 0.3) is 5.56 Å². The highest BCUT2D eigenvalue weighted by Gasteiger charge is 2.16. The van der Waals surface area contributed by atoms with Gasteiger partial charge in [-0.15, -0.1) is 0 Å². The molecule has 0 spiro atoms. The molecule has 6 nitrogen and oxygen atoms in total. The van der Waals surface area contributed by atoms with E-state index in [-0.39, 0.29) is 12.2 Å². The first-order valence-corrected chi connectivity index (χ1v) is 5.23. The standard InChI is InChI=1S/C10H15N3O3/c1-12-9(15)6-8(7-14)11-10(12)13-2-4-16-5-3-13/h6,14H,2-5,7H2,1H3. The van der Waals surface area contributed by atoms with Crippen LogP contribution in [0.15, 0.2) is 10.9 Å². The molecular formula is C10H15N3O3. The van der Waals surface area contributed by atoms with Crippen molar-refractivity contribution < 1.29 is 9.84 Å². The van der Waals surface area contributed by atoms with E-state index in [9.17, 15) is 4.79 Å². The first-order valence-electron chi connectivity index (χ1n) is 5.23. The molecule has 1 aromatic heterocycles. The summed E-state index contributed by atoms with van der Waals surface area (Å²) in [7, 11) is 1.68. The van der Waals surface area contributed by atoms with Gasteiger partial charge < -0.3 is 14.7 Å². The first kappa shape index (κ1) is 11.1. The van der Waals surface area contributed by atoms with Crippen molar-refractivity contribution in [3.05, 3.63) is 22.1 Å². The van der Waals surface area contributed by atoms with Gasteiger partial charge in [-0.1, -0.05) is 0 Å². The molecule has 0 aliphatic carbocycles. The number of rotatable bonds is 2. The van der Waals surface area contributed by atoms with Gasteiger partial charge in [-0.25, -0.2) is 4.98 Å². The molecule has 2 rings (SSSR count). The number of nitrogens with zero attached hydrogens (tertiary/aromatic N) is 3. The van der Waals surface area contributed by atoms with Crippen LogP contribution in [0.4, 0.5) is 5.95 Å². The summed E-state index contributed by atoms with van der Waals surface area (Å²) in [6.45, 7) is 2.50.